The summed E-state index contributed by atoms with van der Waals surface area (Å²) in [5, 5.41) is 12.0. The first kappa shape index (κ1) is 13.5. The molecule has 1 rings (SSSR count). The molecule has 0 unspecified atom stereocenters. The molecule has 0 bridgehead atoms. The number of hydrogen-bond acceptors (Lipinski definition) is 2. The highest BCUT2D eigenvalue weighted by Crippen LogP contribution is 2.19. The molecule has 0 atom stereocenters. The van der Waals surface area contributed by atoms with Gasteiger partial charge in [-0.2, -0.15) is 0 Å². The number of hydrogen-bond donors (Lipinski definition) is 2. The fourth-order valence-electron chi connectivity index (χ4n) is 1.30. The van der Waals surface area contributed by atoms with Gasteiger partial charge in [0.1, 0.15) is 5.82 Å². The second kappa shape index (κ2) is 6.25. The van der Waals surface area contributed by atoms with Crippen LogP contribution in [0.25, 0.3) is 0 Å². The van der Waals surface area contributed by atoms with E-state index in [4.69, 9.17) is 16.7 Å². The van der Waals surface area contributed by atoms with Crippen molar-refractivity contribution in [2.45, 2.75) is 13.3 Å². The summed E-state index contributed by atoms with van der Waals surface area (Å²) in [4.78, 5) is 10.7. The Bertz CT molecular complexity index is 446. The number of anilines is 1. The van der Waals surface area contributed by atoms with Gasteiger partial charge in [-0.15, -0.1) is 0 Å². The number of rotatable bonds is 5. The van der Waals surface area contributed by atoms with Crippen molar-refractivity contribution in [1.82, 2.24) is 0 Å². The van der Waals surface area contributed by atoms with Crippen molar-refractivity contribution in [3.8, 4) is 0 Å². The number of benzene rings is 1. The third kappa shape index (κ3) is 4.07. The molecule has 0 aliphatic heterocycles. The van der Waals surface area contributed by atoms with E-state index in [9.17, 15) is 9.18 Å². The SMILES string of the molecule is CC/C(=C/CNc1cc(Cl)ccc1F)C(=O)O. The van der Waals surface area contributed by atoms with Crippen molar-refractivity contribution in [1.29, 1.82) is 0 Å². The average molecular weight is 258 g/mol. The zero-order valence-electron chi connectivity index (χ0n) is 9.34. The van der Waals surface area contributed by atoms with Crippen LogP contribution in [-0.2, 0) is 4.79 Å². The van der Waals surface area contributed by atoms with Crippen molar-refractivity contribution in [2.75, 3.05) is 11.9 Å². The number of nitrogens with one attached hydrogen (secondary N) is 1. The zero-order chi connectivity index (χ0) is 12.8. The summed E-state index contributed by atoms with van der Waals surface area (Å²) in [6.45, 7) is 1.99. The van der Waals surface area contributed by atoms with Crippen LogP contribution < -0.4 is 5.32 Å². The highest BCUT2D eigenvalue weighted by molar-refractivity contribution is 6.30. The van der Waals surface area contributed by atoms with Crippen molar-refractivity contribution in [3.63, 3.8) is 0 Å². The van der Waals surface area contributed by atoms with Gasteiger partial charge in [0, 0.05) is 17.1 Å². The molecular weight excluding hydrogens is 245 g/mol. The minimum Gasteiger partial charge on any atom is -0.478 e. The molecular formula is C12H13ClFNO2. The van der Waals surface area contributed by atoms with Crippen LogP contribution in [0.1, 0.15) is 13.3 Å². The number of halogens is 2. The number of carbonyl (C=O) groups is 1. The summed E-state index contributed by atoms with van der Waals surface area (Å²) in [7, 11) is 0. The average Bonchev–Trinajstić information content (AvgIpc) is 2.28. The van der Waals surface area contributed by atoms with Crippen molar-refractivity contribution < 1.29 is 14.3 Å². The molecule has 0 fully saturated rings. The van der Waals surface area contributed by atoms with E-state index >= 15 is 0 Å². The summed E-state index contributed by atoms with van der Waals surface area (Å²) < 4.78 is 13.3. The summed E-state index contributed by atoms with van der Waals surface area (Å²) in [5.41, 5.74) is 0.550. The van der Waals surface area contributed by atoms with Gasteiger partial charge in [-0.1, -0.05) is 24.6 Å². The molecule has 1 aromatic rings. The quantitative estimate of drug-likeness (QED) is 0.796. The molecule has 0 radical (unpaired) electrons. The summed E-state index contributed by atoms with van der Waals surface area (Å²) in [6, 6.07) is 4.16. The number of carboxylic acid groups (broad SMARTS) is 1. The minimum absolute atomic E-state index is 0.243. The van der Waals surface area contributed by atoms with Gasteiger partial charge in [-0.05, 0) is 24.6 Å². The smallest absolute Gasteiger partial charge is 0.331 e. The van der Waals surface area contributed by atoms with Gasteiger partial charge < -0.3 is 10.4 Å². The molecule has 1 aromatic carbocycles. The molecule has 0 saturated carbocycles. The maximum absolute atomic E-state index is 13.3. The third-order valence-corrected chi connectivity index (χ3v) is 2.46. The topological polar surface area (TPSA) is 49.3 Å². The van der Waals surface area contributed by atoms with E-state index in [2.05, 4.69) is 5.32 Å². The van der Waals surface area contributed by atoms with Gasteiger partial charge in [-0.25, -0.2) is 9.18 Å². The van der Waals surface area contributed by atoms with E-state index in [1.54, 1.807) is 6.92 Å². The summed E-state index contributed by atoms with van der Waals surface area (Å²) in [6.07, 6.45) is 1.94. The van der Waals surface area contributed by atoms with Gasteiger partial charge in [0.25, 0.3) is 0 Å². The van der Waals surface area contributed by atoms with Gasteiger partial charge in [-0.3, -0.25) is 0 Å². The fraction of sp³-hybridized carbons (Fsp3) is 0.250. The summed E-state index contributed by atoms with van der Waals surface area (Å²) >= 11 is 5.72. The Morgan fingerprint density at radius 3 is 2.88 bits per heavy atom. The first-order valence-electron chi connectivity index (χ1n) is 5.15. The van der Waals surface area contributed by atoms with Crippen molar-refractivity contribution in [2.24, 2.45) is 0 Å². The van der Waals surface area contributed by atoms with Crippen molar-refractivity contribution >= 4 is 23.3 Å². The minimum atomic E-state index is -0.958. The van der Waals surface area contributed by atoms with Gasteiger partial charge in [0.2, 0.25) is 0 Å². The molecule has 0 amide bonds. The lowest BCUT2D eigenvalue weighted by Gasteiger charge is -2.06. The molecule has 0 heterocycles. The lowest BCUT2D eigenvalue weighted by Crippen LogP contribution is -2.05. The molecule has 2 N–H and O–H groups in total. The Labute approximate surface area is 104 Å². The van der Waals surface area contributed by atoms with E-state index in [1.807, 2.05) is 0 Å². The lowest BCUT2D eigenvalue weighted by atomic mass is 10.2. The van der Waals surface area contributed by atoms with E-state index in [1.165, 1.54) is 24.3 Å². The molecule has 0 aliphatic rings. The van der Waals surface area contributed by atoms with Crippen LogP contribution in [0.2, 0.25) is 5.02 Å². The van der Waals surface area contributed by atoms with Crippen LogP contribution in [0.15, 0.2) is 29.8 Å². The Hall–Kier alpha value is -1.55. The normalized spacial score (nSPS) is 11.4. The highest BCUT2D eigenvalue weighted by atomic mass is 35.5. The standard InChI is InChI=1S/C12H13ClFNO2/c1-2-8(12(16)17)5-6-15-11-7-9(13)3-4-10(11)14/h3-5,7,15H,2,6H2,1H3,(H,16,17)/b8-5-. The predicted molar refractivity (Wildman–Crippen MR) is 65.9 cm³/mol. The molecule has 3 nitrogen and oxygen atoms in total. The fourth-order valence-corrected chi connectivity index (χ4v) is 1.47. The molecule has 92 valence electrons. The van der Waals surface area contributed by atoms with Crippen LogP contribution in [0.4, 0.5) is 10.1 Å². The molecule has 5 heteroatoms. The number of aliphatic carboxylic acids is 1. The predicted octanol–water partition coefficient (Wildman–Crippen LogP) is 3.31. The van der Waals surface area contributed by atoms with Crippen LogP contribution in [-0.4, -0.2) is 17.6 Å². The number of carboxylic acids is 1. The van der Waals surface area contributed by atoms with Crippen LogP contribution in [0.5, 0.6) is 0 Å². The lowest BCUT2D eigenvalue weighted by molar-refractivity contribution is -0.132. The second-order valence-corrected chi connectivity index (χ2v) is 3.83. The van der Waals surface area contributed by atoms with E-state index in [-0.39, 0.29) is 12.2 Å². The molecule has 0 aliphatic carbocycles. The van der Waals surface area contributed by atoms with Gasteiger partial charge in [0.15, 0.2) is 0 Å². The molecule has 0 aromatic heterocycles. The Morgan fingerprint density at radius 1 is 1.59 bits per heavy atom. The maximum atomic E-state index is 13.3. The van der Waals surface area contributed by atoms with E-state index in [0.717, 1.165) is 0 Å². The Balaban J connectivity index is 2.67. The Morgan fingerprint density at radius 2 is 2.29 bits per heavy atom. The van der Waals surface area contributed by atoms with E-state index in [0.29, 0.717) is 17.0 Å². The third-order valence-electron chi connectivity index (χ3n) is 2.22. The molecule has 0 saturated heterocycles. The molecule has 0 spiro atoms. The first-order chi connectivity index (χ1) is 8.04. The van der Waals surface area contributed by atoms with Crippen molar-refractivity contribution in [3.05, 3.63) is 40.7 Å². The van der Waals surface area contributed by atoms with Gasteiger partial charge >= 0.3 is 5.97 Å². The monoisotopic (exact) mass is 257 g/mol. The van der Waals surface area contributed by atoms with Crippen LogP contribution >= 0.6 is 11.6 Å². The second-order valence-electron chi connectivity index (χ2n) is 3.39. The first-order valence-corrected chi connectivity index (χ1v) is 5.53. The zero-order valence-corrected chi connectivity index (χ0v) is 10.1. The largest absolute Gasteiger partial charge is 0.478 e. The summed E-state index contributed by atoms with van der Waals surface area (Å²) in [5.74, 6) is -1.38. The van der Waals surface area contributed by atoms with Gasteiger partial charge in [0.05, 0.1) is 5.69 Å². The van der Waals surface area contributed by atoms with Crippen LogP contribution in [0, 0.1) is 5.82 Å². The Kier molecular flexibility index (Phi) is 4.97. The maximum Gasteiger partial charge on any atom is 0.331 e. The van der Waals surface area contributed by atoms with Crippen LogP contribution in [0.3, 0.4) is 0 Å². The van der Waals surface area contributed by atoms with E-state index < -0.39 is 11.8 Å². The highest BCUT2D eigenvalue weighted by Gasteiger charge is 2.04. The molecule has 17 heavy (non-hydrogen) atoms.